The zero-order valence-electron chi connectivity index (χ0n) is 10.8. The molecule has 94 valence electrons. The smallest absolute Gasteiger partial charge is 0.239 e. The van der Waals surface area contributed by atoms with E-state index in [0.29, 0.717) is 0 Å². The number of unbranched alkanes of at least 4 members (excludes halogenated alkanes) is 1. The summed E-state index contributed by atoms with van der Waals surface area (Å²) in [4.78, 5) is 16.2. The number of nitrogens with one attached hydrogen (secondary N) is 1. The van der Waals surface area contributed by atoms with Crippen LogP contribution in [0.1, 0.15) is 26.7 Å². The number of nitrogens with zero attached hydrogens (tertiary/aromatic N) is 2. The van der Waals surface area contributed by atoms with Crippen molar-refractivity contribution in [1.29, 1.82) is 0 Å². The number of amides is 1. The first-order valence-corrected chi connectivity index (χ1v) is 6.36. The topological polar surface area (TPSA) is 35.6 Å². The average Bonchev–Trinajstić information content (AvgIpc) is 2.35. The molecular weight excluding hydrogens is 202 g/mol. The van der Waals surface area contributed by atoms with Gasteiger partial charge in [0.25, 0.3) is 0 Å². The third-order valence-electron chi connectivity index (χ3n) is 3.28. The van der Waals surface area contributed by atoms with E-state index >= 15 is 0 Å². The first-order valence-electron chi connectivity index (χ1n) is 6.36. The molecular formula is C12H25N3O. The fourth-order valence-electron chi connectivity index (χ4n) is 2.05. The SMILES string of the molecule is CCCCN(C)C(=O)C(C)N1CCNCC1. The molecule has 1 saturated heterocycles. The van der Waals surface area contributed by atoms with Crippen molar-refractivity contribution in [2.75, 3.05) is 39.8 Å². The van der Waals surface area contributed by atoms with Crippen molar-refractivity contribution >= 4 is 5.91 Å². The Balaban J connectivity index is 2.38. The highest BCUT2D eigenvalue weighted by Crippen LogP contribution is 2.05. The Morgan fingerprint density at radius 3 is 2.62 bits per heavy atom. The number of carbonyl (C=O) groups excluding carboxylic acids is 1. The van der Waals surface area contributed by atoms with Gasteiger partial charge in [-0.3, -0.25) is 9.69 Å². The molecule has 1 amide bonds. The predicted octanol–water partition coefficient (Wildman–Crippen LogP) is 0.539. The Labute approximate surface area is 99.0 Å². The van der Waals surface area contributed by atoms with Crippen LogP contribution >= 0.6 is 0 Å². The molecule has 1 heterocycles. The molecule has 1 aliphatic heterocycles. The van der Waals surface area contributed by atoms with E-state index < -0.39 is 0 Å². The zero-order chi connectivity index (χ0) is 12.0. The third kappa shape index (κ3) is 3.76. The number of hydrogen-bond acceptors (Lipinski definition) is 3. The van der Waals surface area contributed by atoms with E-state index in [9.17, 15) is 4.79 Å². The van der Waals surface area contributed by atoms with Crippen molar-refractivity contribution in [3.63, 3.8) is 0 Å². The average molecular weight is 227 g/mol. The van der Waals surface area contributed by atoms with E-state index in [1.807, 2.05) is 18.9 Å². The van der Waals surface area contributed by atoms with Crippen molar-refractivity contribution in [3.05, 3.63) is 0 Å². The van der Waals surface area contributed by atoms with Gasteiger partial charge in [-0.1, -0.05) is 13.3 Å². The van der Waals surface area contributed by atoms with Crippen molar-refractivity contribution in [3.8, 4) is 0 Å². The van der Waals surface area contributed by atoms with Crippen LogP contribution in [0.25, 0.3) is 0 Å². The molecule has 4 heteroatoms. The van der Waals surface area contributed by atoms with Gasteiger partial charge in [0.15, 0.2) is 0 Å². The lowest BCUT2D eigenvalue weighted by molar-refractivity contribution is -0.135. The summed E-state index contributed by atoms with van der Waals surface area (Å²) in [6, 6.07) is 0.0314. The van der Waals surface area contributed by atoms with Gasteiger partial charge in [0, 0.05) is 39.8 Å². The zero-order valence-corrected chi connectivity index (χ0v) is 10.8. The lowest BCUT2D eigenvalue weighted by atomic mass is 10.2. The third-order valence-corrected chi connectivity index (χ3v) is 3.28. The van der Waals surface area contributed by atoms with Crippen LogP contribution in [0.3, 0.4) is 0 Å². The van der Waals surface area contributed by atoms with Gasteiger partial charge in [-0.05, 0) is 13.3 Å². The molecule has 0 aromatic heterocycles. The first kappa shape index (κ1) is 13.5. The molecule has 1 atom stereocenters. The van der Waals surface area contributed by atoms with Crippen LogP contribution in [0.2, 0.25) is 0 Å². The Bertz CT molecular complexity index is 214. The molecule has 1 aliphatic rings. The lowest BCUT2D eigenvalue weighted by Gasteiger charge is -2.34. The molecule has 0 aromatic rings. The van der Waals surface area contributed by atoms with Gasteiger partial charge in [0.1, 0.15) is 0 Å². The molecule has 16 heavy (non-hydrogen) atoms. The standard InChI is InChI=1S/C12H25N3O/c1-4-5-8-14(3)12(16)11(2)15-9-6-13-7-10-15/h11,13H,4-10H2,1-3H3. The largest absolute Gasteiger partial charge is 0.344 e. The molecule has 0 saturated carbocycles. The molecule has 0 bridgehead atoms. The van der Waals surface area contributed by atoms with Crippen molar-refractivity contribution in [2.45, 2.75) is 32.7 Å². The maximum atomic E-state index is 12.1. The molecule has 0 radical (unpaired) electrons. The minimum absolute atomic E-state index is 0.0314. The Hall–Kier alpha value is -0.610. The van der Waals surface area contributed by atoms with E-state index in [1.54, 1.807) is 0 Å². The summed E-state index contributed by atoms with van der Waals surface area (Å²) in [5, 5.41) is 3.31. The van der Waals surface area contributed by atoms with Crippen molar-refractivity contribution < 1.29 is 4.79 Å². The summed E-state index contributed by atoms with van der Waals surface area (Å²) < 4.78 is 0. The van der Waals surface area contributed by atoms with Crippen LogP contribution < -0.4 is 5.32 Å². The van der Waals surface area contributed by atoms with Crippen LogP contribution in [0.4, 0.5) is 0 Å². The second kappa shape index (κ2) is 6.86. The quantitative estimate of drug-likeness (QED) is 0.744. The Morgan fingerprint density at radius 1 is 1.44 bits per heavy atom. The highest BCUT2D eigenvalue weighted by molar-refractivity contribution is 5.81. The Kier molecular flexibility index (Phi) is 5.77. The number of piperazine rings is 1. The van der Waals surface area contributed by atoms with Gasteiger partial charge < -0.3 is 10.2 Å². The monoisotopic (exact) mass is 227 g/mol. The summed E-state index contributed by atoms with van der Waals surface area (Å²) in [6.07, 6.45) is 2.23. The van der Waals surface area contributed by atoms with E-state index in [-0.39, 0.29) is 11.9 Å². The van der Waals surface area contributed by atoms with Crippen LogP contribution in [0.5, 0.6) is 0 Å². The maximum absolute atomic E-state index is 12.1. The molecule has 1 rings (SSSR count). The van der Waals surface area contributed by atoms with Crippen LogP contribution in [0.15, 0.2) is 0 Å². The number of likely N-dealkylation sites (N-methyl/N-ethyl adjacent to an activating group) is 1. The molecule has 0 aromatic carbocycles. The van der Waals surface area contributed by atoms with Gasteiger partial charge in [0.05, 0.1) is 6.04 Å². The molecule has 4 nitrogen and oxygen atoms in total. The molecule has 1 N–H and O–H groups in total. The highest BCUT2D eigenvalue weighted by atomic mass is 16.2. The maximum Gasteiger partial charge on any atom is 0.239 e. The fourth-order valence-corrected chi connectivity index (χ4v) is 2.05. The Morgan fingerprint density at radius 2 is 2.06 bits per heavy atom. The first-order chi connectivity index (χ1) is 7.66. The van der Waals surface area contributed by atoms with Crippen LogP contribution in [-0.2, 0) is 4.79 Å². The van der Waals surface area contributed by atoms with Gasteiger partial charge in [0.2, 0.25) is 5.91 Å². The summed E-state index contributed by atoms with van der Waals surface area (Å²) in [7, 11) is 1.91. The summed E-state index contributed by atoms with van der Waals surface area (Å²) in [5.74, 6) is 0.260. The second-order valence-corrected chi connectivity index (χ2v) is 4.58. The minimum Gasteiger partial charge on any atom is -0.344 e. The minimum atomic E-state index is 0.0314. The van der Waals surface area contributed by atoms with E-state index in [0.717, 1.165) is 45.6 Å². The molecule has 1 unspecified atom stereocenters. The fraction of sp³-hybridized carbons (Fsp3) is 0.917. The molecule has 0 spiro atoms. The normalized spacial score (nSPS) is 19.4. The lowest BCUT2D eigenvalue weighted by Crippen LogP contribution is -2.53. The van der Waals surface area contributed by atoms with E-state index in [1.165, 1.54) is 0 Å². The highest BCUT2D eigenvalue weighted by Gasteiger charge is 2.24. The van der Waals surface area contributed by atoms with Gasteiger partial charge in [-0.15, -0.1) is 0 Å². The van der Waals surface area contributed by atoms with Crippen LogP contribution in [0, 0.1) is 0 Å². The van der Waals surface area contributed by atoms with Crippen LogP contribution in [-0.4, -0.2) is 61.5 Å². The summed E-state index contributed by atoms with van der Waals surface area (Å²) >= 11 is 0. The summed E-state index contributed by atoms with van der Waals surface area (Å²) in [5.41, 5.74) is 0. The van der Waals surface area contributed by atoms with Gasteiger partial charge in [-0.2, -0.15) is 0 Å². The van der Waals surface area contributed by atoms with E-state index in [4.69, 9.17) is 0 Å². The number of carbonyl (C=O) groups is 1. The molecule has 0 aliphatic carbocycles. The number of hydrogen-bond donors (Lipinski definition) is 1. The number of rotatable bonds is 5. The van der Waals surface area contributed by atoms with Crippen molar-refractivity contribution in [2.24, 2.45) is 0 Å². The second-order valence-electron chi connectivity index (χ2n) is 4.58. The van der Waals surface area contributed by atoms with Gasteiger partial charge in [-0.25, -0.2) is 0 Å². The van der Waals surface area contributed by atoms with E-state index in [2.05, 4.69) is 17.1 Å². The van der Waals surface area contributed by atoms with Crippen molar-refractivity contribution in [1.82, 2.24) is 15.1 Å². The predicted molar refractivity (Wildman–Crippen MR) is 66.4 cm³/mol. The van der Waals surface area contributed by atoms with Gasteiger partial charge >= 0.3 is 0 Å². The molecule has 1 fully saturated rings. The summed E-state index contributed by atoms with van der Waals surface area (Å²) in [6.45, 7) is 9.01.